The normalized spacial score (nSPS) is 12.8. The van der Waals surface area contributed by atoms with Crippen LogP contribution in [-0.4, -0.2) is 34.6 Å². The van der Waals surface area contributed by atoms with Gasteiger partial charge in [0.25, 0.3) is 0 Å². The van der Waals surface area contributed by atoms with E-state index in [1.54, 1.807) is 24.0 Å². The van der Waals surface area contributed by atoms with E-state index in [-0.39, 0.29) is 35.2 Å². The van der Waals surface area contributed by atoms with Crippen molar-refractivity contribution in [1.29, 1.82) is 0 Å². The molecule has 4 nitrogen and oxygen atoms in total. The number of nitrogens with one attached hydrogen (secondary N) is 1. The Morgan fingerprint density at radius 1 is 1.13 bits per heavy atom. The molecule has 0 spiro atoms. The monoisotopic (exact) mass is 450 g/mol. The summed E-state index contributed by atoms with van der Waals surface area (Å²) < 4.78 is 14.0. The molecule has 0 bridgehead atoms. The molecule has 7 heteroatoms. The van der Waals surface area contributed by atoms with Crippen molar-refractivity contribution in [3.63, 3.8) is 0 Å². The quantitative estimate of drug-likeness (QED) is 0.551. The summed E-state index contributed by atoms with van der Waals surface area (Å²) in [7, 11) is 0. The Hall–Kier alpha value is -2.05. The lowest BCUT2D eigenvalue weighted by Crippen LogP contribution is -2.50. The molecule has 0 fully saturated rings. The summed E-state index contributed by atoms with van der Waals surface area (Å²) in [6.07, 6.45) is 0.810. The van der Waals surface area contributed by atoms with Crippen LogP contribution in [0.5, 0.6) is 0 Å². The number of thioether (sulfide) groups is 1. The number of nitrogens with zero attached hydrogens (tertiary/aromatic N) is 1. The number of rotatable bonds is 10. The summed E-state index contributed by atoms with van der Waals surface area (Å²) in [4.78, 5) is 27.2. The number of halogens is 2. The molecule has 0 aromatic heterocycles. The van der Waals surface area contributed by atoms with Crippen LogP contribution in [0.3, 0.4) is 0 Å². The minimum Gasteiger partial charge on any atom is -0.352 e. The summed E-state index contributed by atoms with van der Waals surface area (Å²) in [6, 6.07) is 13.5. The van der Waals surface area contributed by atoms with Crippen LogP contribution in [0.4, 0.5) is 4.39 Å². The van der Waals surface area contributed by atoms with Crippen molar-refractivity contribution >= 4 is 35.2 Å². The lowest BCUT2D eigenvalue weighted by Gasteiger charge is -2.29. The van der Waals surface area contributed by atoms with Gasteiger partial charge >= 0.3 is 0 Å². The molecule has 2 atom stereocenters. The third kappa shape index (κ3) is 7.03. The SMILES string of the molecule is CC[C@H](C)NC(=O)[C@H](C)N(Cc1ccccc1)C(=O)CSCc1c(F)cccc1Cl. The second kappa shape index (κ2) is 12.0. The number of benzene rings is 2. The van der Waals surface area contributed by atoms with E-state index in [0.717, 1.165) is 12.0 Å². The van der Waals surface area contributed by atoms with E-state index in [1.165, 1.54) is 17.8 Å². The smallest absolute Gasteiger partial charge is 0.242 e. The predicted octanol–water partition coefficient (Wildman–Crippen LogP) is 5.04. The molecule has 0 radical (unpaired) electrons. The molecule has 2 rings (SSSR count). The van der Waals surface area contributed by atoms with Crippen molar-refractivity contribution in [2.75, 3.05) is 5.75 Å². The first-order chi connectivity index (χ1) is 14.3. The zero-order valence-electron chi connectivity index (χ0n) is 17.5. The van der Waals surface area contributed by atoms with Crippen molar-refractivity contribution in [2.45, 2.75) is 51.6 Å². The lowest BCUT2D eigenvalue weighted by molar-refractivity contribution is -0.138. The summed E-state index contributed by atoms with van der Waals surface area (Å²) in [5, 5.41) is 3.29. The van der Waals surface area contributed by atoms with Gasteiger partial charge in [-0.1, -0.05) is 54.9 Å². The molecule has 0 saturated heterocycles. The molecule has 0 heterocycles. The van der Waals surface area contributed by atoms with Gasteiger partial charge in [-0.05, 0) is 38.0 Å². The van der Waals surface area contributed by atoms with Crippen molar-refractivity contribution in [3.8, 4) is 0 Å². The fourth-order valence-corrected chi connectivity index (χ4v) is 4.07. The van der Waals surface area contributed by atoms with Crippen molar-refractivity contribution in [2.24, 2.45) is 0 Å². The first-order valence-corrected chi connectivity index (χ1v) is 11.5. The van der Waals surface area contributed by atoms with E-state index >= 15 is 0 Å². The van der Waals surface area contributed by atoms with E-state index in [9.17, 15) is 14.0 Å². The van der Waals surface area contributed by atoms with Crippen LogP contribution in [-0.2, 0) is 21.9 Å². The molecular weight excluding hydrogens is 423 g/mol. The molecule has 2 aromatic rings. The lowest BCUT2D eigenvalue weighted by atomic mass is 10.1. The summed E-state index contributed by atoms with van der Waals surface area (Å²) in [6.45, 7) is 5.99. The molecule has 0 aliphatic heterocycles. The maximum absolute atomic E-state index is 14.0. The Balaban J connectivity index is 2.08. The van der Waals surface area contributed by atoms with Crippen LogP contribution in [0.1, 0.15) is 38.3 Å². The number of carbonyl (C=O) groups excluding carboxylic acids is 2. The Bertz CT molecular complexity index is 830. The fraction of sp³-hybridized carbons (Fsp3) is 0.391. The van der Waals surface area contributed by atoms with Gasteiger partial charge in [-0.25, -0.2) is 4.39 Å². The van der Waals surface area contributed by atoms with Gasteiger partial charge in [0.05, 0.1) is 5.75 Å². The Labute approximate surface area is 187 Å². The first-order valence-electron chi connectivity index (χ1n) is 9.97. The molecule has 162 valence electrons. The van der Waals surface area contributed by atoms with E-state index in [0.29, 0.717) is 17.1 Å². The Kier molecular flexibility index (Phi) is 9.66. The summed E-state index contributed by atoms with van der Waals surface area (Å²) >= 11 is 7.35. The van der Waals surface area contributed by atoms with Crippen LogP contribution < -0.4 is 5.32 Å². The number of carbonyl (C=O) groups is 2. The molecule has 30 heavy (non-hydrogen) atoms. The predicted molar refractivity (Wildman–Crippen MR) is 122 cm³/mol. The van der Waals surface area contributed by atoms with Gasteiger partial charge in [0.2, 0.25) is 11.8 Å². The Morgan fingerprint density at radius 2 is 1.83 bits per heavy atom. The standard InChI is InChI=1S/C23H28ClFN2O2S/c1-4-16(2)26-23(29)17(3)27(13-18-9-6-5-7-10-18)22(28)15-30-14-19-20(24)11-8-12-21(19)25/h5-12,16-17H,4,13-15H2,1-3H3,(H,26,29)/t16-,17-/m0/s1. The minimum atomic E-state index is -0.621. The average Bonchev–Trinajstić information content (AvgIpc) is 2.74. The third-order valence-electron chi connectivity index (χ3n) is 4.90. The van der Waals surface area contributed by atoms with Gasteiger partial charge in [-0.15, -0.1) is 11.8 Å². The minimum absolute atomic E-state index is 0.0335. The molecule has 0 aliphatic rings. The zero-order chi connectivity index (χ0) is 22.1. The van der Waals surface area contributed by atoms with Crippen LogP contribution in [0.2, 0.25) is 5.02 Å². The third-order valence-corrected chi connectivity index (χ3v) is 6.20. The molecule has 0 aliphatic carbocycles. The highest BCUT2D eigenvalue weighted by Gasteiger charge is 2.26. The Morgan fingerprint density at radius 3 is 2.47 bits per heavy atom. The van der Waals surface area contributed by atoms with Crippen molar-refractivity contribution in [3.05, 3.63) is 70.5 Å². The highest BCUT2D eigenvalue weighted by Crippen LogP contribution is 2.24. The van der Waals surface area contributed by atoms with E-state index in [2.05, 4.69) is 5.32 Å². The van der Waals surface area contributed by atoms with E-state index < -0.39 is 6.04 Å². The molecule has 2 amide bonds. The molecule has 1 N–H and O–H groups in total. The number of hydrogen-bond acceptors (Lipinski definition) is 3. The highest BCUT2D eigenvalue weighted by molar-refractivity contribution is 7.99. The maximum Gasteiger partial charge on any atom is 0.242 e. The summed E-state index contributed by atoms with van der Waals surface area (Å²) in [5.41, 5.74) is 1.32. The largest absolute Gasteiger partial charge is 0.352 e. The fourth-order valence-electron chi connectivity index (χ4n) is 2.82. The topological polar surface area (TPSA) is 49.4 Å². The van der Waals surface area contributed by atoms with Gasteiger partial charge in [-0.3, -0.25) is 9.59 Å². The second-order valence-corrected chi connectivity index (χ2v) is 8.59. The van der Waals surface area contributed by atoms with Gasteiger partial charge in [0, 0.05) is 28.9 Å². The maximum atomic E-state index is 14.0. The average molecular weight is 451 g/mol. The molecule has 0 unspecified atom stereocenters. The van der Waals surface area contributed by atoms with Crippen LogP contribution >= 0.6 is 23.4 Å². The first kappa shape index (κ1) is 24.2. The molecular formula is C23H28ClFN2O2S. The van der Waals surface area contributed by atoms with Gasteiger partial charge < -0.3 is 10.2 Å². The van der Waals surface area contributed by atoms with E-state index in [4.69, 9.17) is 11.6 Å². The van der Waals surface area contributed by atoms with E-state index in [1.807, 2.05) is 44.2 Å². The number of hydrogen-bond donors (Lipinski definition) is 1. The van der Waals surface area contributed by atoms with Crippen LogP contribution in [0.15, 0.2) is 48.5 Å². The van der Waals surface area contributed by atoms with Crippen LogP contribution in [0, 0.1) is 5.82 Å². The second-order valence-electron chi connectivity index (χ2n) is 7.19. The van der Waals surface area contributed by atoms with Gasteiger partial charge in [0.1, 0.15) is 11.9 Å². The zero-order valence-corrected chi connectivity index (χ0v) is 19.1. The van der Waals surface area contributed by atoms with Crippen molar-refractivity contribution in [1.82, 2.24) is 10.2 Å². The molecule has 0 saturated carbocycles. The summed E-state index contributed by atoms with van der Waals surface area (Å²) in [5.74, 6) is -0.341. The molecule has 2 aromatic carbocycles. The van der Waals surface area contributed by atoms with Crippen LogP contribution in [0.25, 0.3) is 0 Å². The van der Waals surface area contributed by atoms with Gasteiger partial charge in [0.15, 0.2) is 0 Å². The van der Waals surface area contributed by atoms with Crippen molar-refractivity contribution < 1.29 is 14.0 Å². The number of amides is 2. The highest BCUT2D eigenvalue weighted by atomic mass is 35.5. The van der Waals surface area contributed by atoms with Gasteiger partial charge in [-0.2, -0.15) is 0 Å².